The number of esters is 1. The second kappa shape index (κ2) is 6.20. The summed E-state index contributed by atoms with van der Waals surface area (Å²) in [4.78, 5) is 21.6. The highest BCUT2D eigenvalue weighted by molar-refractivity contribution is 6.30. The van der Waals surface area contributed by atoms with Gasteiger partial charge >= 0.3 is 5.97 Å². The summed E-state index contributed by atoms with van der Waals surface area (Å²) in [6, 6.07) is 6.35. The second-order valence-electron chi connectivity index (χ2n) is 3.37. The highest BCUT2D eigenvalue weighted by atomic mass is 35.5. The van der Waals surface area contributed by atoms with E-state index in [-0.39, 0.29) is 6.61 Å². The Hall–Kier alpha value is -1.62. The number of nitrogens with zero attached hydrogens (tertiary/aromatic N) is 1. The van der Waals surface area contributed by atoms with E-state index >= 15 is 0 Å². The summed E-state index contributed by atoms with van der Waals surface area (Å²) in [7, 11) is 0. The Morgan fingerprint density at radius 2 is 2.06 bits per heavy atom. The Bertz CT molecular complexity index is 404. The Balaban J connectivity index is 2.92. The van der Waals surface area contributed by atoms with E-state index in [0.717, 1.165) is 0 Å². The molecule has 0 aromatic heterocycles. The van der Waals surface area contributed by atoms with Gasteiger partial charge in [-0.3, -0.25) is 14.9 Å². The molecule has 1 atom stereocenters. The zero-order chi connectivity index (χ0) is 12.8. The normalized spacial score (nSPS) is 11.9. The van der Waals surface area contributed by atoms with Crippen LogP contribution >= 0.6 is 11.6 Å². The molecule has 0 aliphatic carbocycles. The van der Waals surface area contributed by atoms with Crippen LogP contribution in [-0.2, 0) is 9.53 Å². The Morgan fingerprint density at radius 3 is 2.53 bits per heavy atom. The molecule has 0 aliphatic rings. The minimum absolute atomic E-state index is 0.195. The molecular formula is C11H12ClNO4. The summed E-state index contributed by atoms with van der Waals surface area (Å²) in [6.45, 7) is 1.37. The standard InChI is InChI=1S/C11H12ClNO4/c1-2-17-11(14)10(7-13(15)16)8-3-5-9(12)6-4-8/h3-6,10H,2,7H2,1H3. The summed E-state index contributed by atoms with van der Waals surface area (Å²) in [5.41, 5.74) is 0.532. The fourth-order valence-electron chi connectivity index (χ4n) is 1.40. The lowest BCUT2D eigenvalue weighted by Gasteiger charge is -2.11. The van der Waals surface area contributed by atoms with Crippen LogP contribution in [0.4, 0.5) is 0 Å². The predicted molar refractivity (Wildman–Crippen MR) is 62.7 cm³/mol. The molecule has 1 aromatic rings. The number of carbonyl (C=O) groups is 1. The first-order valence-corrected chi connectivity index (χ1v) is 5.46. The molecule has 17 heavy (non-hydrogen) atoms. The SMILES string of the molecule is CCOC(=O)C(C[N+](=O)[O-])c1ccc(Cl)cc1. The lowest BCUT2D eigenvalue weighted by molar-refractivity contribution is -0.481. The fourth-order valence-corrected chi connectivity index (χ4v) is 1.53. The quantitative estimate of drug-likeness (QED) is 0.461. The van der Waals surface area contributed by atoms with Gasteiger partial charge in [0.2, 0.25) is 6.54 Å². The number of nitro groups is 1. The summed E-state index contributed by atoms with van der Waals surface area (Å²) >= 11 is 5.71. The van der Waals surface area contributed by atoms with E-state index in [2.05, 4.69) is 0 Å². The van der Waals surface area contributed by atoms with E-state index in [1.54, 1.807) is 31.2 Å². The number of ether oxygens (including phenoxy) is 1. The van der Waals surface area contributed by atoms with E-state index in [4.69, 9.17) is 16.3 Å². The van der Waals surface area contributed by atoms with Crippen molar-refractivity contribution < 1.29 is 14.5 Å². The molecule has 0 bridgehead atoms. The maximum absolute atomic E-state index is 11.6. The number of halogens is 1. The summed E-state index contributed by atoms with van der Waals surface area (Å²) in [5.74, 6) is -1.48. The molecule has 92 valence electrons. The molecule has 1 unspecified atom stereocenters. The van der Waals surface area contributed by atoms with Gasteiger partial charge in [-0.05, 0) is 24.6 Å². The van der Waals surface area contributed by atoms with Gasteiger partial charge < -0.3 is 4.74 Å². The molecule has 0 saturated carbocycles. The molecule has 6 heteroatoms. The maximum atomic E-state index is 11.6. The van der Waals surface area contributed by atoms with E-state index in [1.165, 1.54) is 0 Å². The van der Waals surface area contributed by atoms with Crippen LogP contribution in [-0.4, -0.2) is 24.0 Å². The first kappa shape index (κ1) is 13.4. The Labute approximate surface area is 103 Å². The van der Waals surface area contributed by atoms with Crippen LogP contribution in [0.15, 0.2) is 24.3 Å². The number of rotatable bonds is 5. The van der Waals surface area contributed by atoms with Crippen LogP contribution in [0.25, 0.3) is 0 Å². The van der Waals surface area contributed by atoms with Crippen LogP contribution in [0.1, 0.15) is 18.4 Å². The van der Waals surface area contributed by atoms with Crippen LogP contribution in [0.2, 0.25) is 5.02 Å². The van der Waals surface area contributed by atoms with Crippen molar-refractivity contribution >= 4 is 17.6 Å². The van der Waals surface area contributed by atoms with Crippen molar-refractivity contribution in [3.8, 4) is 0 Å². The van der Waals surface area contributed by atoms with Gasteiger partial charge in [-0.2, -0.15) is 0 Å². The number of carbonyl (C=O) groups excluding carboxylic acids is 1. The molecular weight excluding hydrogens is 246 g/mol. The van der Waals surface area contributed by atoms with Gasteiger partial charge in [-0.1, -0.05) is 23.7 Å². The topological polar surface area (TPSA) is 69.4 Å². The molecule has 1 aromatic carbocycles. The molecule has 0 N–H and O–H groups in total. The van der Waals surface area contributed by atoms with Crippen LogP contribution < -0.4 is 0 Å². The van der Waals surface area contributed by atoms with Gasteiger partial charge in [0.05, 0.1) is 6.61 Å². The monoisotopic (exact) mass is 257 g/mol. The van der Waals surface area contributed by atoms with Crippen molar-refractivity contribution in [3.63, 3.8) is 0 Å². The average Bonchev–Trinajstić information content (AvgIpc) is 2.27. The molecule has 0 fully saturated rings. The molecule has 0 radical (unpaired) electrons. The fraction of sp³-hybridized carbons (Fsp3) is 0.364. The largest absolute Gasteiger partial charge is 0.465 e. The van der Waals surface area contributed by atoms with Gasteiger partial charge in [0, 0.05) is 9.95 Å². The van der Waals surface area contributed by atoms with Crippen LogP contribution in [0, 0.1) is 10.1 Å². The first-order valence-electron chi connectivity index (χ1n) is 5.08. The third-order valence-corrected chi connectivity index (χ3v) is 2.43. The van der Waals surface area contributed by atoms with Crippen molar-refractivity contribution in [1.29, 1.82) is 0 Å². The summed E-state index contributed by atoms with van der Waals surface area (Å²) in [5, 5.41) is 11.0. The van der Waals surface area contributed by atoms with Crippen molar-refractivity contribution in [2.45, 2.75) is 12.8 Å². The van der Waals surface area contributed by atoms with Crippen molar-refractivity contribution in [1.82, 2.24) is 0 Å². The lowest BCUT2D eigenvalue weighted by atomic mass is 9.99. The zero-order valence-electron chi connectivity index (χ0n) is 9.26. The average molecular weight is 258 g/mol. The smallest absolute Gasteiger partial charge is 0.320 e. The van der Waals surface area contributed by atoms with Gasteiger partial charge in [-0.25, -0.2) is 0 Å². The van der Waals surface area contributed by atoms with Gasteiger partial charge in [0.15, 0.2) is 0 Å². The molecule has 0 spiro atoms. The summed E-state index contributed by atoms with van der Waals surface area (Å²) in [6.07, 6.45) is 0. The minimum Gasteiger partial charge on any atom is -0.465 e. The Kier molecular flexibility index (Phi) is 4.90. The second-order valence-corrected chi connectivity index (χ2v) is 3.81. The van der Waals surface area contributed by atoms with E-state index in [1.807, 2.05) is 0 Å². The van der Waals surface area contributed by atoms with E-state index in [9.17, 15) is 14.9 Å². The number of benzene rings is 1. The minimum atomic E-state index is -0.887. The third kappa shape index (κ3) is 4.03. The van der Waals surface area contributed by atoms with Crippen molar-refractivity contribution in [3.05, 3.63) is 45.0 Å². The molecule has 0 aliphatic heterocycles. The van der Waals surface area contributed by atoms with Gasteiger partial charge in [0.1, 0.15) is 5.92 Å². The zero-order valence-corrected chi connectivity index (χ0v) is 10.0. The van der Waals surface area contributed by atoms with Crippen LogP contribution in [0.5, 0.6) is 0 Å². The predicted octanol–water partition coefficient (Wildman–Crippen LogP) is 2.26. The highest BCUT2D eigenvalue weighted by Gasteiger charge is 2.27. The first-order chi connectivity index (χ1) is 8.04. The molecule has 1 rings (SSSR count). The van der Waals surface area contributed by atoms with Crippen molar-refractivity contribution in [2.24, 2.45) is 0 Å². The van der Waals surface area contributed by atoms with E-state index in [0.29, 0.717) is 10.6 Å². The van der Waals surface area contributed by atoms with Gasteiger partial charge in [-0.15, -0.1) is 0 Å². The number of hydrogen-bond acceptors (Lipinski definition) is 4. The summed E-state index contributed by atoms with van der Waals surface area (Å²) < 4.78 is 4.81. The third-order valence-electron chi connectivity index (χ3n) is 2.18. The number of hydrogen-bond donors (Lipinski definition) is 0. The van der Waals surface area contributed by atoms with Crippen LogP contribution in [0.3, 0.4) is 0 Å². The molecule has 0 saturated heterocycles. The van der Waals surface area contributed by atoms with E-state index < -0.39 is 23.4 Å². The van der Waals surface area contributed by atoms with Gasteiger partial charge in [0.25, 0.3) is 0 Å². The molecule has 0 amide bonds. The Morgan fingerprint density at radius 1 is 1.47 bits per heavy atom. The lowest BCUT2D eigenvalue weighted by Crippen LogP contribution is -2.23. The molecule has 5 nitrogen and oxygen atoms in total. The highest BCUT2D eigenvalue weighted by Crippen LogP contribution is 2.20. The van der Waals surface area contributed by atoms with Crippen molar-refractivity contribution in [2.75, 3.05) is 13.2 Å². The maximum Gasteiger partial charge on any atom is 0.320 e. The molecule has 0 heterocycles.